The van der Waals surface area contributed by atoms with E-state index in [2.05, 4.69) is 10.8 Å². The summed E-state index contributed by atoms with van der Waals surface area (Å²) >= 11 is 3.17. The first-order chi connectivity index (χ1) is 13.8. The molecule has 1 aliphatic rings. The van der Waals surface area contributed by atoms with Crippen molar-refractivity contribution in [2.75, 3.05) is 25.1 Å². The number of hydrogen-bond donors (Lipinski definition) is 2. The maximum Gasteiger partial charge on any atom is 0.278 e. The predicted molar refractivity (Wildman–Crippen MR) is 118 cm³/mol. The Bertz CT molecular complexity index is 927. The van der Waals surface area contributed by atoms with Crippen molar-refractivity contribution in [1.82, 2.24) is 5.48 Å². The van der Waals surface area contributed by atoms with Gasteiger partial charge >= 0.3 is 0 Å². The van der Waals surface area contributed by atoms with Crippen LogP contribution in [-0.2, 0) is 9.57 Å². The Morgan fingerprint density at radius 1 is 1.38 bits per heavy atom. The summed E-state index contributed by atoms with van der Waals surface area (Å²) in [5.74, 6) is -0.941. The van der Waals surface area contributed by atoms with E-state index in [1.165, 1.54) is 6.07 Å². The molecule has 1 aliphatic heterocycles. The van der Waals surface area contributed by atoms with Gasteiger partial charge < -0.3 is 10.1 Å². The molecule has 0 radical (unpaired) electrons. The summed E-state index contributed by atoms with van der Waals surface area (Å²) < 4.78 is 20.2. The number of amides is 1. The predicted octanol–water partition coefficient (Wildman–Crippen LogP) is 4.69. The molecule has 3 rings (SSSR count). The Hall–Kier alpha value is -1.56. The molecule has 2 N–H and O–H groups in total. The van der Waals surface area contributed by atoms with Crippen molar-refractivity contribution in [3.63, 3.8) is 0 Å². The molecule has 0 bridgehead atoms. The van der Waals surface area contributed by atoms with Crippen LogP contribution in [0.1, 0.15) is 39.4 Å². The molecule has 29 heavy (non-hydrogen) atoms. The third-order valence-corrected chi connectivity index (χ3v) is 6.39. The highest BCUT2D eigenvalue weighted by atomic mass is 127. The number of rotatable bonds is 8. The van der Waals surface area contributed by atoms with E-state index in [9.17, 15) is 14.0 Å². The zero-order valence-corrected chi connectivity index (χ0v) is 19.3. The van der Waals surface area contributed by atoms with E-state index in [1.54, 1.807) is 32.9 Å². The summed E-state index contributed by atoms with van der Waals surface area (Å²) in [6, 6.07) is 4.76. The average Bonchev–Trinajstić information content (AvgIpc) is 2.94. The third-order valence-electron chi connectivity index (χ3n) is 4.49. The van der Waals surface area contributed by atoms with Crippen LogP contribution in [0, 0.1) is 28.1 Å². The van der Waals surface area contributed by atoms with E-state index in [4.69, 9.17) is 9.57 Å². The molecule has 0 aliphatic carbocycles. The Morgan fingerprint density at radius 3 is 2.69 bits per heavy atom. The highest BCUT2D eigenvalue weighted by Gasteiger charge is 2.27. The number of nitrogens with one attached hydrogen (secondary N) is 2. The summed E-state index contributed by atoms with van der Waals surface area (Å²) in [6.07, 6.45) is 0. The smallest absolute Gasteiger partial charge is 0.278 e. The van der Waals surface area contributed by atoms with Crippen molar-refractivity contribution >= 4 is 56.3 Å². The van der Waals surface area contributed by atoms with E-state index in [1.807, 2.05) is 22.6 Å². The zero-order chi connectivity index (χ0) is 21.1. The van der Waals surface area contributed by atoms with Crippen molar-refractivity contribution in [3.8, 4) is 0 Å². The van der Waals surface area contributed by atoms with E-state index in [0.29, 0.717) is 35.3 Å². The van der Waals surface area contributed by atoms with Gasteiger partial charge in [-0.25, -0.2) is 9.87 Å². The van der Waals surface area contributed by atoms with Gasteiger partial charge in [0.25, 0.3) is 5.91 Å². The highest BCUT2D eigenvalue weighted by molar-refractivity contribution is 14.1. The molecule has 2 heterocycles. The van der Waals surface area contributed by atoms with Crippen LogP contribution >= 0.6 is 33.9 Å². The Labute approximate surface area is 186 Å². The molecule has 6 nitrogen and oxygen atoms in total. The Kier molecular flexibility index (Phi) is 7.25. The van der Waals surface area contributed by atoms with E-state index < -0.39 is 11.7 Å². The SMILES string of the molecule is Cc1c(C(=O)C(C)C)sc(Nc2ccc(I)cc2F)c1C(=O)NOCC1COC1. The van der Waals surface area contributed by atoms with E-state index >= 15 is 0 Å². The van der Waals surface area contributed by atoms with Crippen molar-refractivity contribution in [2.24, 2.45) is 11.8 Å². The van der Waals surface area contributed by atoms with Crippen LogP contribution in [0.25, 0.3) is 0 Å². The molecule has 1 fully saturated rings. The topological polar surface area (TPSA) is 76.7 Å². The van der Waals surface area contributed by atoms with Gasteiger partial charge in [-0.05, 0) is 53.3 Å². The van der Waals surface area contributed by atoms with Gasteiger partial charge in [-0.15, -0.1) is 11.3 Å². The summed E-state index contributed by atoms with van der Waals surface area (Å²) in [5.41, 5.74) is 3.50. The minimum atomic E-state index is -0.477. The van der Waals surface area contributed by atoms with Gasteiger partial charge in [0.2, 0.25) is 0 Å². The first-order valence-electron chi connectivity index (χ1n) is 9.17. The number of carbonyl (C=O) groups is 2. The van der Waals surface area contributed by atoms with Gasteiger partial charge in [0, 0.05) is 15.4 Å². The van der Waals surface area contributed by atoms with Gasteiger partial charge in [-0.2, -0.15) is 0 Å². The molecule has 1 saturated heterocycles. The minimum absolute atomic E-state index is 0.0646. The van der Waals surface area contributed by atoms with Crippen molar-refractivity contribution in [2.45, 2.75) is 20.8 Å². The monoisotopic (exact) mass is 532 g/mol. The number of anilines is 2. The molecule has 1 amide bonds. The fourth-order valence-corrected chi connectivity index (χ4v) is 4.50. The highest BCUT2D eigenvalue weighted by Crippen LogP contribution is 2.37. The number of hydroxylamine groups is 1. The molecule has 2 aromatic rings. The Morgan fingerprint density at radius 2 is 2.10 bits per heavy atom. The van der Waals surface area contributed by atoms with Crippen LogP contribution in [0.15, 0.2) is 18.2 Å². The average molecular weight is 532 g/mol. The molecule has 9 heteroatoms. The minimum Gasteiger partial charge on any atom is -0.381 e. The number of hydrogen-bond acceptors (Lipinski definition) is 6. The van der Waals surface area contributed by atoms with Gasteiger partial charge in [0.05, 0.1) is 35.9 Å². The van der Waals surface area contributed by atoms with Crippen molar-refractivity contribution in [3.05, 3.63) is 43.6 Å². The molecular formula is C20H22FIN2O4S. The van der Waals surface area contributed by atoms with E-state index in [0.717, 1.165) is 14.9 Å². The quantitative estimate of drug-likeness (QED) is 0.293. The normalized spacial score (nSPS) is 14.0. The lowest BCUT2D eigenvalue weighted by atomic mass is 10.0. The fraction of sp³-hybridized carbons (Fsp3) is 0.400. The molecule has 0 spiro atoms. The largest absolute Gasteiger partial charge is 0.381 e. The first-order valence-corrected chi connectivity index (χ1v) is 11.1. The third kappa shape index (κ3) is 5.14. The standard InChI is InChI=1S/C20H22FIN2O4S/c1-10(2)17(25)18-11(3)16(19(26)24-28-9-12-7-27-8-12)20(29-18)23-15-5-4-13(22)6-14(15)21/h4-6,10,12,23H,7-9H2,1-3H3,(H,24,26). The number of halogens is 2. The van der Waals surface area contributed by atoms with Crippen LogP contribution in [0.5, 0.6) is 0 Å². The fourth-order valence-electron chi connectivity index (χ4n) is 2.74. The summed E-state index contributed by atoms with van der Waals surface area (Å²) in [6.45, 7) is 6.89. The second-order valence-corrected chi connectivity index (χ2v) is 9.44. The molecule has 0 atom stereocenters. The first kappa shape index (κ1) is 22.1. The maximum atomic E-state index is 14.3. The van der Waals surface area contributed by atoms with Crippen molar-refractivity contribution < 1.29 is 23.6 Å². The van der Waals surface area contributed by atoms with Crippen LogP contribution in [0.2, 0.25) is 0 Å². The van der Waals surface area contributed by atoms with Crippen LogP contribution in [0.4, 0.5) is 15.1 Å². The lowest BCUT2D eigenvalue weighted by molar-refractivity contribution is -0.0864. The summed E-state index contributed by atoms with van der Waals surface area (Å²) in [4.78, 5) is 31.2. The molecule has 0 unspecified atom stereocenters. The number of benzene rings is 1. The maximum absolute atomic E-state index is 14.3. The van der Waals surface area contributed by atoms with Gasteiger partial charge in [-0.1, -0.05) is 13.8 Å². The van der Waals surface area contributed by atoms with Crippen LogP contribution in [0.3, 0.4) is 0 Å². The zero-order valence-electron chi connectivity index (χ0n) is 16.3. The van der Waals surface area contributed by atoms with Gasteiger partial charge in [0.1, 0.15) is 10.8 Å². The number of ether oxygens (including phenoxy) is 1. The molecular weight excluding hydrogens is 510 g/mol. The number of ketones is 1. The van der Waals surface area contributed by atoms with Gasteiger partial charge in [-0.3, -0.25) is 14.4 Å². The van der Waals surface area contributed by atoms with Gasteiger partial charge in [0.15, 0.2) is 5.78 Å². The lowest BCUT2D eigenvalue weighted by Gasteiger charge is -2.25. The second kappa shape index (κ2) is 9.50. The molecule has 1 aromatic heterocycles. The molecule has 0 saturated carbocycles. The second-order valence-electron chi connectivity index (χ2n) is 7.17. The molecule has 1 aromatic carbocycles. The molecule has 156 valence electrons. The van der Waals surface area contributed by atoms with Crippen LogP contribution < -0.4 is 10.8 Å². The Balaban J connectivity index is 1.88. The number of thiophene rings is 1. The lowest BCUT2D eigenvalue weighted by Crippen LogP contribution is -2.35. The van der Waals surface area contributed by atoms with Crippen LogP contribution in [-0.4, -0.2) is 31.5 Å². The number of Topliss-reactive ketones (excluding diaryl/α,β-unsaturated/α-hetero) is 1. The van der Waals surface area contributed by atoms with E-state index in [-0.39, 0.29) is 28.9 Å². The number of carbonyl (C=O) groups excluding carboxylic acids is 2. The van der Waals surface area contributed by atoms with Crippen molar-refractivity contribution in [1.29, 1.82) is 0 Å². The summed E-state index contributed by atoms with van der Waals surface area (Å²) in [7, 11) is 0. The summed E-state index contributed by atoms with van der Waals surface area (Å²) in [5, 5.41) is 3.38.